The number of hydrazine groups is 1. The van der Waals surface area contributed by atoms with Crippen LogP contribution in [0.15, 0.2) is 65.6 Å². The summed E-state index contributed by atoms with van der Waals surface area (Å²) in [4.78, 5) is 0. The summed E-state index contributed by atoms with van der Waals surface area (Å²) in [5, 5.41) is 21.9. The van der Waals surface area contributed by atoms with Gasteiger partial charge in [-0.3, -0.25) is 5.41 Å². The van der Waals surface area contributed by atoms with E-state index in [2.05, 4.69) is 16.2 Å². The second-order valence-corrected chi connectivity index (χ2v) is 8.24. The number of ether oxygens (including phenoxy) is 2. The molecule has 2 atom stereocenters. The number of benzene rings is 2. The Balaban J connectivity index is 2.36. The Morgan fingerprint density at radius 1 is 1.09 bits per heavy atom. The van der Waals surface area contributed by atoms with Crippen molar-refractivity contribution in [2.24, 2.45) is 17.2 Å². The van der Waals surface area contributed by atoms with Crippen LogP contribution in [-0.2, 0) is 0 Å². The van der Waals surface area contributed by atoms with Gasteiger partial charge < -0.3 is 42.5 Å². The number of aliphatic hydroxyl groups excluding tert-OH is 1. The maximum absolute atomic E-state index is 11.0. The quantitative estimate of drug-likeness (QED) is 0.0509. The molecule has 2 aromatic rings. The number of allylic oxidation sites excluding steroid dienone is 2. The van der Waals surface area contributed by atoms with E-state index >= 15 is 0 Å². The van der Waals surface area contributed by atoms with Crippen LogP contribution in [0, 0.1) is 5.41 Å². The molecule has 0 aromatic heterocycles. The second-order valence-electron chi connectivity index (χ2n) is 7.81. The molecule has 0 aliphatic rings. The molecule has 0 fully saturated rings. The Bertz CT molecular complexity index is 1040. The molecule has 0 heterocycles. The van der Waals surface area contributed by atoms with Gasteiger partial charge in [-0.1, -0.05) is 17.7 Å². The number of hydrogen-bond donors (Lipinski definition) is 8. The summed E-state index contributed by atoms with van der Waals surface area (Å²) >= 11 is 5.61. The van der Waals surface area contributed by atoms with Crippen LogP contribution in [-0.4, -0.2) is 29.9 Å². The van der Waals surface area contributed by atoms with Gasteiger partial charge in [0.15, 0.2) is 11.5 Å². The van der Waals surface area contributed by atoms with Crippen LogP contribution in [0.25, 0.3) is 0 Å². The first-order chi connectivity index (χ1) is 16.6. The van der Waals surface area contributed by atoms with E-state index in [4.69, 9.17) is 43.7 Å². The summed E-state index contributed by atoms with van der Waals surface area (Å²) in [7, 11) is 0. The number of hydrogen-bond acceptors (Lipinski definition) is 9. The lowest BCUT2D eigenvalue weighted by Crippen LogP contribution is -2.47. The van der Waals surface area contributed by atoms with E-state index < -0.39 is 12.3 Å². The van der Waals surface area contributed by atoms with E-state index in [-0.39, 0.29) is 22.9 Å². The summed E-state index contributed by atoms with van der Waals surface area (Å²) in [6, 6.07) is 11.8. The molecule has 35 heavy (non-hydrogen) atoms. The highest BCUT2D eigenvalue weighted by atomic mass is 35.5. The first-order valence-electron chi connectivity index (χ1n) is 11.0. The minimum absolute atomic E-state index is 0.0314. The highest BCUT2D eigenvalue weighted by Crippen LogP contribution is 2.33. The van der Waals surface area contributed by atoms with Crippen molar-refractivity contribution in [2.75, 3.05) is 11.9 Å². The molecule has 11 heteroatoms. The highest BCUT2D eigenvalue weighted by molar-refractivity contribution is 6.29. The number of aliphatic hydroxyl groups is 1. The van der Waals surface area contributed by atoms with Gasteiger partial charge in [0.2, 0.25) is 0 Å². The number of nitrogens with one attached hydrogen (secondary N) is 4. The van der Waals surface area contributed by atoms with Gasteiger partial charge >= 0.3 is 0 Å². The molecule has 190 valence electrons. The predicted molar refractivity (Wildman–Crippen MR) is 140 cm³/mol. The fraction of sp³-hybridized carbons (Fsp3) is 0.292. The van der Waals surface area contributed by atoms with E-state index in [1.54, 1.807) is 30.3 Å². The van der Waals surface area contributed by atoms with Crippen molar-refractivity contribution < 1.29 is 14.6 Å². The van der Waals surface area contributed by atoms with Gasteiger partial charge in [-0.25, -0.2) is 5.43 Å². The van der Waals surface area contributed by atoms with Gasteiger partial charge in [-0.2, -0.15) is 0 Å². The third kappa shape index (κ3) is 8.93. The van der Waals surface area contributed by atoms with E-state index in [1.165, 1.54) is 12.2 Å². The molecule has 0 spiro atoms. The fourth-order valence-electron chi connectivity index (χ4n) is 3.06. The molecule has 0 radical (unpaired) electrons. The van der Waals surface area contributed by atoms with E-state index in [1.807, 2.05) is 32.9 Å². The molecule has 0 amide bonds. The van der Waals surface area contributed by atoms with Gasteiger partial charge in [0.1, 0.15) is 17.9 Å². The maximum Gasteiger partial charge on any atom is 0.161 e. The lowest BCUT2D eigenvalue weighted by atomic mass is 10.0. The summed E-state index contributed by atoms with van der Waals surface area (Å²) in [6.07, 6.45) is 1.68. The standard InChI is InChI=1S/C24H34ClN7O3/c1-4-34-19-13-16(7-10-18(19)35-14(2)3)22(24(33)32-31-21(27)12-11-20(25)26)30-17-8-5-15(6-9-17)23(28)29/h5-14,22,24,30-33H,4,26-27H2,1-3H3,(H3,28,29)/b20-11-,21-12+. The van der Waals surface area contributed by atoms with Gasteiger partial charge in [0, 0.05) is 11.3 Å². The van der Waals surface area contributed by atoms with Crippen molar-refractivity contribution in [1.82, 2.24) is 10.9 Å². The van der Waals surface area contributed by atoms with Crippen molar-refractivity contribution in [3.8, 4) is 11.5 Å². The molecular formula is C24H34ClN7O3. The molecule has 0 bridgehead atoms. The van der Waals surface area contributed by atoms with Crippen molar-refractivity contribution in [1.29, 1.82) is 5.41 Å². The normalized spacial score (nSPS) is 13.8. The Kier molecular flexibility index (Phi) is 10.5. The molecule has 2 rings (SSSR count). The van der Waals surface area contributed by atoms with Crippen LogP contribution in [0.2, 0.25) is 0 Å². The van der Waals surface area contributed by atoms with Crippen LogP contribution in [0.4, 0.5) is 5.69 Å². The van der Waals surface area contributed by atoms with Crippen LogP contribution in [0.5, 0.6) is 11.5 Å². The summed E-state index contributed by atoms with van der Waals surface area (Å²) in [6.45, 7) is 6.20. The molecular weight excluding hydrogens is 470 g/mol. The Labute approximate surface area is 210 Å². The SMILES string of the molecule is CCOc1cc(C(Nc2ccc(C(=N)N)cc2)C(O)NN/C(N)=C/C=C(\N)Cl)ccc1OC(C)C. The first kappa shape index (κ1) is 27.6. The smallest absolute Gasteiger partial charge is 0.161 e. The zero-order chi connectivity index (χ0) is 26.0. The van der Waals surface area contributed by atoms with Crippen LogP contribution in [0.1, 0.15) is 37.9 Å². The molecule has 10 nitrogen and oxygen atoms in total. The predicted octanol–water partition coefficient (Wildman–Crippen LogP) is 2.56. The molecule has 0 aliphatic carbocycles. The first-order valence-corrected chi connectivity index (χ1v) is 11.4. The summed E-state index contributed by atoms with van der Waals surface area (Å²) < 4.78 is 11.6. The number of nitrogens with two attached hydrogens (primary N) is 3. The van der Waals surface area contributed by atoms with Crippen LogP contribution >= 0.6 is 11.6 Å². The zero-order valence-corrected chi connectivity index (χ0v) is 20.8. The fourth-order valence-corrected chi connectivity index (χ4v) is 3.12. The van der Waals surface area contributed by atoms with E-state index in [9.17, 15) is 5.11 Å². The monoisotopic (exact) mass is 503 g/mol. The van der Waals surface area contributed by atoms with Crippen molar-refractivity contribution in [3.05, 3.63) is 76.7 Å². The Hall–Kier alpha value is -3.60. The Morgan fingerprint density at radius 2 is 1.77 bits per heavy atom. The third-order valence-corrected chi connectivity index (χ3v) is 4.74. The maximum atomic E-state index is 11.0. The van der Waals surface area contributed by atoms with Gasteiger partial charge in [-0.05, 0) is 74.9 Å². The second kappa shape index (κ2) is 13.3. The third-order valence-electron chi connectivity index (χ3n) is 4.61. The number of halogens is 1. The average molecular weight is 504 g/mol. The number of anilines is 1. The molecule has 0 saturated carbocycles. The van der Waals surface area contributed by atoms with Crippen LogP contribution in [0.3, 0.4) is 0 Å². The Morgan fingerprint density at radius 3 is 2.34 bits per heavy atom. The van der Waals surface area contributed by atoms with Crippen molar-refractivity contribution in [3.63, 3.8) is 0 Å². The van der Waals surface area contributed by atoms with E-state index in [0.29, 0.717) is 29.4 Å². The molecule has 0 aliphatic heterocycles. The molecule has 2 unspecified atom stereocenters. The molecule has 11 N–H and O–H groups in total. The van der Waals surface area contributed by atoms with Gasteiger partial charge in [-0.15, -0.1) is 0 Å². The van der Waals surface area contributed by atoms with Crippen LogP contribution < -0.4 is 42.8 Å². The topological polar surface area (TPSA) is 177 Å². The van der Waals surface area contributed by atoms with Crippen molar-refractivity contribution >= 4 is 23.1 Å². The van der Waals surface area contributed by atoms with E-state index in [0.717, 1.165) is 5.56 Å². The number of nitrogen functional groups attached to an aromatic ring is 1. The van der Waals surface area contributed by atoms with Gasteiger partial charge in [0.05, 0.1) is 23.9 Å². The largest absolute Gasteiger partial charge is 0.490 e. The number of amidine groups is 1. The average Bonchev–Trinajstić information content (AvgIpc) is 2.81. The minimum Gasteiger partial charge on any atom is -0.490 e. The summed E-state index contributed by atoms with van der Waals surface area (Å²) in [5.41, 5.74) is 24.3. The minimum atomic E-state index is -1.15. The highest BCUT2D eigenvalue weighted by Gasteiger charge is 2.23. The van der Waals surface area contributed by atoms with Gasteiger partial charge in [0.25, 0.3) is 0 Å². The molecule has 0 saturated heterocycles. The van der Waals surface area contributed by atoms with Crippen molar-refractivity contribution in [2.45, 2.75) is 39.1 Å². The summed E-state index contributed by atoms with van der Waals surface area (Å²) in [5.74, 6) is 1.32. The lowest BCUT2D eigenvalue weighted by Gasteiger charge is -2.28. The molecule has 2 aromatic carbocycles. The zero-order valence-electron chi connectivity index (χ0n) is 20.0. The lowest BCUT2D eigenvalue weighted by molar-refractivity contribution is 0.103. The number of rotatable bonds is 13.